The molecule has 0 unspecified atom stereocenters. The van der Waals surface area contributed by atoms with E-state index in [0.29, 0.717) is 22.5 Å². The summed E-state index contributed by atoms with van der Waals surface area (Å²) < 4.78 is 0.994. The molecule has 3 heterocycles. The highest BCUT2D eigenvalue weighted by Crippen LogP contribution is 2.29. The minimum atomic E-state index is -0.0671. The first kappa shape index (κ1) is 26.2. The molecule has 1 aromatic carbocycles. The normalized spacial score (nSPS) is 18.3. The van der Waals surface area contributed by atoms with Crippen LogP contribution in [-0.4, -0.2) is 96.9 Å². The van der Waals surface area contributed by atoms with Crippen molar-refractivity contribution < 1.29 is 9.59 Å². The molecule has 2 amide bonds. The number of hydrogen-bond acceptors (Lipinski definition) is 5. The molecule has 182 valence electrons. The number of nitrogens with zero attached hydrogens (tertiary/aromatic N) is 4. The van der Waals surface area contributed by atoms with Crippen LogP contribution in [0.1, 0.15) is 35.9 Å². The molecule has 0 bridgehead atoms. The number of carbonyl (C=O) groups is 2. The lowest BCUT2D eigenvalue weighted by atomic mass is 10.0. The third kappa shape index (κ3) is 6.40. The van der Waals surface area contributed by atoms with Crippen LogP contribution in [0.25, 0.3) is 10.1 Å². The fourth-order valence-electron chi connectivity index (χ4n) is 4.75. The van der Waals surface area contributed by atoms with Crippen LogP contribution < -0.4 is 0 Å². The summed E-state index contributed by atoms with van der Waals surface area (Å²) >= 11 is 7.54. The van der Waals surface area contributed by atoms with E-state index in [9.17, 15) is 9.59 Å². The molecule has 0 aliphatic carbocycles. The zero-order valence-electron chi connectivity index (χ0n) is 19.5. The summed E-state index contributed by atoms with van der Waals surface area (Å²) in [5.41, 5.74) is 0. The number of thiophene rings is 1. The standard InChI is InChI=1S/C24H33ClN4O2S.ClH/c1-3-8-29(24(31)22-15-18-4-5-19(25)16-21(18)32-22)17-23(30)28-13-11-27(12-14-28)20-6-9-26(2)10-7-20;/h4-5,15-16,20H,3,6-14,17H2,1-2H3;1H. The number of hydrogen-bond donors (Lipinski definition) is 0. The number of amides is 2. The summed E-state index contributed by atoms with van der Waals surface area (Å²) in [6.45, 7) is 8.43. The zero-order chi connectivity index (χ0) is 22.7. The van der Waals surface area contributed by atoms with Crippen LogP contribution in [-0.2, 0) is 4.79 Å². The minimum Gasteiger partial charge on any atom is -0.339 e. The van der Waals surface area contributed by atoms with E-state index < -0.39 is 0 Å². The Labute approximate surface area is 211 Å². The average Bonchev–Trinajstić information content (AvgIpc) is 3.22. The largest absolute Gasteiger partial charge is 0.339 e. The van der Waals surface area contributed by atoms with E-state index in [1.807, 2.05) is 36.1 Å². The van der Waals surface area contributed by atoms with Gasteiger partial charge in [0.2, 0.25) is 5.91 Å². The number of fused-ring (bicyclic) bond motifs is 1. The Morgan fingerprint density at radius 1 is 1.09 bits per heavy atom. The van der Waals surface area contributed by atoms with Crippen molar-refractivity contribution in [3.63, 3.8) is 0 Å². The maximum absolute atomic E-state index is 13.2. The number of piperidine rings is 1. The van der Waals surface area contributed by atoms with E-state index in [1.54, 1.807) is 4.90 Å². The van der Waals surface area contributed by atoms with Crippen molar-refractivity contribution >= 4 is 57.2 Å². The van der Waals surface area contributed by atoms with Gasteiger partial charge in [0, 0.05) is 48.5 Å². The monoisotopic (exact) mass is 512 g/mol. The van der Waals surface area contributed by atoms with Crippen molar-refractivity contribution in [1.82, 2.24) is 19.6 Å². The van der Waals surface area contributed by atoms with Gasteiger partial charge >= 0.3 is 0 Å². The molecule has 9 heteroatoms. The molecule has 1 aromatic heterocycles. The highest BCUT2D eigenvalue weighted by Gasteiger charge is 2.29. The van der Waals surface area contributed by atoms with Gasteiger partial charge in [-0.2, -0.15) is 0 Å². The molecule has 0 N–H and O–H groups in total. The highest BCUT2D eigenvalue weighted by molar-refractivity contribution is 7.20. The predicted molar refractivity (Wildman–Crippen MR) is 139 cm³/mol. The summed E-state index contributed by atoms with van der Waals surface area (Å²) in [6, 6.07) is 8.21. The first-order chi connectivity index (χ1) is 15.4. The second kappa shape index (κ2) is 11.8. The van der Waals surface area contributed by atoms with Gasteiger partial charge in [-0.1, -0.05) is 24.6 Å². The quantitative estimate of drug-likeness (QED) is 0.585. The second-order valence-corrected chi connectivity index (χ2v) is 10.5. The Bertz CT molecular complexity index is 953. The van der Waals surface area contributed by atoms with Gasteiger partial charge in [0.25, 0.3) is 5.91 Å². The number of carbonyl (C=O) groups excluding carboxylic acids is 2. The van der Waals surface area contributed by atoms with E-state index in [-0.39, 0.29) is 30.8 Å². The number of halogens is 2. The predicted octanol–water partition coefficient (Wildman–Crippen LogP) is 4.07. The van der Waals surface area contributed by atoms with Crippen LogP contribution in [0.3, 0.4) is 0 Å². The Morgan fingerprint density at radius 3 is 2.45 bits per heavy atom. The summed E-state index contributed by atoms with van der Waals surface area (Å²) in [7, 11) is 2.18. The van der Waals surface area contributed by atoms with Crippen molar-refractivity contribution in [2.75, 3.05) is 59.4 Å². The molecule has 0 spiro atoms. The SMILES string of the molecule is CCCN(CC(=O)N1CCN(C2CCN(C)CC2)CC1)C(=O)c1cc2ccc(Cl)cc2s1.Cl. The number of rotatable bonds is 6. The zero-order valence-corrected chi connectivity index (χ0v) is 21.9. The van der Waals surface area contributed by atoms with E-state index in [2.05, 4.69) is 16.8 Å². The molecule has 6 nitrogen and oxygen atoms in total. The summed E-state index contributed by atoms with van der Waals surface area (Å²) in [6.07, 6.45) is 3.24. The third-order valence-electron chi connectivity index (χ3n) is 6.67. The van der Waals surface area contributed by atoms with E-state index >= 15 is 0 Å². The van der Waals surface area contributed by atoms with Gasteiger partial charge in [-0.05, 0) is 63.0 Å². The topological polar surface area (TPSA) is 47.1 Å². The van der Waals surface area contributed by atoms with Gasteiger partial charge < -0.3 is 14.7 Å². The summed E-state index contributed by atoms with van der Waals surface area (Å²) in [4.78, 5) is 35.5. The van der Waals surface area contributed by atoms with Gasteiger partial charge in [0.05, 0.1) is 4.88 Å². The molecule has 2 aliphatic rings. The molecule has 0 saturated carbocycles. The van der Waals surface area contributed by atoms with Gasteiger partial charge in [-0.3, -0.25) is 14.5 Å². The Balaban J connectivity index is 0.00000306. The highest BCUT2D eigenvalue weighted by atomic mass is 35.5. The van der Waals surface area contributed by atoms with Crippen LogP contribution in [0.15, 0.2) is 24.3 Å². The van der Waals surface area contributed by atoms with Crippen LogP contribution in [0.4, 0.5) is 0 Å². The molecular weight excluding hydrogens is 479 g/mol. The van der Waals surface area contributed by atoms with Gasteiger partial charge in [-0.15, -0.1) is 23.7 Å². The number of likely N-dealkylation sites (tertiary alicyclic amines) is 1. The maximum atomic E-state index is 13.2. The molecule has 0 atom stereocenters. The van der Waals surface area contributed by atoms with E-state index in [0.717, 1.165) is 55.8 Å². The molecule has 2 aliphatic heterocycles. The molecule has 4 rings (SSSR count). The van der Waals surface area contributed by atoms with Crippen molar-refractivity contribution in [3.8, 4) is 0 Å². The second-order valence-electron chi connectivity index (χ2n) is 8.97. The van der Waals surface area contributed by atoms with E-state index in [1.165, 1.54) is 24.2 Å². The molecule has 2 aromatic rings. The molecule has 0 radical (unpaired) electrons. The van der Waals surface area contributed by atoms with Gasteiger partial charge in [0.1, 0.15) is 6.54 Å². The van der Waals surface area contributed by atoms with Crippen LogP contribution in [0.5, 0.6) is 0 Å². The third-order valence-corrected chi connectivity index (χ3v) is 7.99. The van der Waals surface area contributed by atoms with E-state index in [4.69, 9.17) is 11.6 Å². The van der Waals surface area contributed by atoms with Gasteiger partial charge in [-0.25, -0.2) is 0 Å². The van der Waals surface area contributed by atoms with Gasteiger partial charge in [0.15, 0.2) is 0 Å². The van der Waals surface area contributed by atoms with Crippen molar-refractivity contribution in [1.29, 1.82) is 0 Å². The fraction of sp³-hybridized carbons (Fsp3) is 0.583. The van der Waals surface area contributed by atoms with Crippen molar-refractivity contribution in [2.45, 2.75) is 32.2 Å². The summed E-state index contributed by atoms with van der Waals surface area (Å²) in [5.74, 6) is -0.0125. The number of piperazine rings is 1. The van der Waals surface area contributed by atoms with Crippen molar-refractivity contribution in [3.05, 3.63) is 34.2 Å². The lowest BCUT2D eigenvalue weighted by Crippen LogP contribution is -2.55. The number of benzene rings is 1. The first-order valence-corrected chi connectivity index (χ1v) is 12.8. The molecular formula is C24H34Cl2N4O2S. The van der Waals surface area contributed by atoms with Crippen LogP contribution in [0.2, 0.25) is 5.02 Å². The molecule has 2 saturated heterocycles. The molecule has 2 fully saturated rings. The molecule has 33 heavy (non-hydrogen) atoms. The lowest BCUT2D eigenvalue weighted by molar-refractivity contribution is -0.134. The average molecular weight is 514 g/mol. The fourth-order valence-corrected chi connectivity index (χ4v) is 6.06. The van der Waals surface area contributed by atoms with Crippen LogP contribution >= 0.6 is 35.3 Å². The smallest absolute Gasteiger partial charge is 0.264 e. The van der Waals surface area contributed by atoms with Crippen LogP contribution in [0, 0.1) is 0 Å². The minimum absolute atomic E-state index is 0. The maximum Gasteiger partial charge on any atom is 0.264 e. The Kier molecular flexibility index (Phi) is 9.42. The lowest BCUT2D eigenvalue weighted by Gasteiger charge is -2.42. The van der Waals surface area contributed by atoms with Crippen molar-refractivity contribution in [2.24, 2.45) is 0 Å². The first-order valence-electron chi connectivity index (χ1n) is 11.6. The summed E-state index contributed by atoms with van der Waals surface area (Å²) in [5, 5.41) is 1.67. The Hall–Kier alpha value is -1.38. The Morgan fingerprint density at radius 2 is 1.79 bits per heavy atom.